The number of Topliss-reactive ketones (excluding diaryl/α,β-unsaturated/α-hetero) is 1. The van der Waals surface area contributed by atoms with Gasteiger partial charge in [-0.1, -0.05) is 0 Å². The number of ketones is 1. The minimum atomic E-state index is -4.34. The third-order valence-corrected chi connectivity index (χ3v) is 1.77. The predicted molar refractivity (Wildman–Crippen MR) is 49.9 cm³/mol. The second-order valence-electron chi connectivity index (χ2n) is 3.18. The third kappa shape index (κ3) is 7.08. The van der Waals surface area contributed by atoms with Gasteiger partial charge in [-0.15, -0.1) is 0 Å². The monoisotopic (exact) mass is 241 g/mol. The number of halogens is 3. The fourth-order valence-electron chi connectivity index (χ4n) is 1.00. The lowest BCUT2D eigenvalue weighted by molar-refractivity contribution is -0.138. The van der Waals surface area contributed by atoms with Crippen LogP contribution in [0.2, 0.25) is 0 Å². The number of carbonyl (C=O) groups excluding carboxylic acids is 2. The van der Waals surface area contributed by atoms with E-state index in [1.807, 2.05) is 0 Å². The van der Waals surface area contributed by atoms with Gasteiger partial charge in [-0.3, -0.25) is 4.79 Å². The highest BCUT2D eigenvalue weighted by atomic mass is 19.4. The summed E-state index contributed by atoms with van der Waals surface area (Å²) in [4.78, 5) is 21.9. The average molecular weight is 241 g/mol. The summed E-state index contributed by atoms with van der Waals surface area (Å²) in [5.41, 5.74) is 0. The molecule has 0 aliphatic carbocycles. The number of alkyl halides is 3. The first-order chi connectivity index (χ1) is 7.26. The van der Waals surface area contributed by atoms with Crippen LogP contribution in [-0.2, 0) is 9.53 Å². The van der Waals surface area contributed by atoms with Crippen molar-refractivity contribution in [1.29, 1.82) is 0 Å². The van der Waals surface area contributed by atoms with Gasteiger partial charge in [-0.2, -0.15) is 13.2 Å². The van der Waals surface area contributed by atoms with Crippen LogP contribution in [0.5, 0.6) is 0 Å². The van der Waals surface area contributed by atoms with Crippen molar-refractivity contribution in [2.45, 2.75) is 38.9 Å². The molecule has 0 saturated heterocycles. The zero-order valence-corrected chi connectivity index (χ0v) is 9.06. The average Bonchev–Trinajstić information content (AvgIpc) is 2.10. The topological polar surface area (TPSA) is 55.4 Å². The fraction of sp³-hybridized carbons (Fsp3) is 0.778. The van der Waals surface area contributed by atoms with Crippen molar-refractivity contribution < 1.29 is 27.5 Å². The smallest absolute Gasteiger partial charge is 0.407 e. The number of nitrogens with one attached hydrogen (secondary N) is 1. The molecule has 0 rings (SSSR count). The Morgan fingerprint density at radius 1 is 1.38 bits per heavy atom. The van der Waals surface area contributed by atoms with Crippen molar-refractivity contribution in [3.8, 4) is 0 Å². The molecule has 1 unspecified atom stereocenters. The van der Waals surface area contributed by atoms with E-state index in [9.17, 15) is 22.8 Å². The molecule has 0 fully saturated rings. The molecule has 94 valence electrons. The number of hydrogen-bond acceptors (Lipinski definition) is 3. The number of carbonyl (C=O) groups is 2. The zero-order chi connectivity index (χ0) is 12.8. The summed E-state index contributed by atoms with van der Waals surface area (Å²) >= 11 is 0. The molecule has 0 heterocycles. The number of hydrogen-bond donors (Lipinski definition) is 1. The Morgan fingerprint density at radius 2 is 1.94 bits per heavy atom. The first-order valence-corrected chi connectivity index (χ1v) is 4.76. The molecule has 16 heavy (non-hydrogen) atoms. The van der Waals surface area contributed by atoms with E-state index in [1.165, 1.54) is 0 Å². The third-order valence-electron chi connectivity index (χ3n) is 1.77. The molecule has 0 aromatic rings. The number of rotatable bonds is 5. The van der Waals surface area contributed by atoms with E-state index in [1.54, 1.807) is 6.92 Å². The van der Waals surface area contributed by atoms with Gasteiger partial charge in [0.15, 0.2) is 5.78 Å². The van der Waals surface area contributed by atoms with E-state index >= 15 is 0 Å². The minimum Gasteiger partial charge on any atom is -0.450 e. The van der Waals surface area contributed by atoms with Crippen molar-refractivity contribution in [1.82, 2.24) is 5.32 Å². The Balaban J connectivity index is 4.18. The Bertz CT molecular complexity index is 253. The van der Waals surface area contributed by atoms with Gasteiger partial charge in [-0.25, -0.2) is 4.79 Å². The van der Waals surface area contributed by atoms with E-state index in [0.717, 1.165) is 6.92 Å². The number of ether oxygens (including phenoxy) is 1. The number of alkyl carbamates (subject to hydrolysis) is 1. The molecule has 1 atom stereocenters. The van der Waals surface area contributed by atoms with Crippen LogP contribution in [-0.4, -0.2) is 30.7 Å². The van der Waals surface area contributed by atoms with Crippen LogP contribution in [0, 0.1) is 0 Å². The largest absolute Gasteiger partial charge is 0.450 e. The lowest BCUT2D eigenvalue weighted by atomic mass is 10.1. The first-order valence-electron chi connectivity index (χ1n) is 4.76. The van der Waals surface area contributed by atoms with Crippen LogP contribution >= 0.6 is 0 Å². The summed E-state index contributed by atoms with van der Waals surface area (Å²) in [7, 11) is 0. The molecular weight excluding hydrogens is 227 g/mol. The molecule has 0 aromatic carbocycles. The highest BCUT2D eigenvalue weighted by molar-refractivity contribution is 5.85. The van der Waals surface area contributed by atoms with Gasteiger partial charge in [0.2, 0.25) is 0 Å². The van der Waals surface area contributed by atoms with Gasteiger partial charge in [0.05, 0.1) is 12.6 Å². The lowest BCUT2D eigenvalue weighted by Crippen LogP contribution is -2.40. The molecule has 0 aromatic heterocycles. The molecule has 0 aliphatic heterocycles. The van der Waals surface area contributed by atoms with Crippen molar-refractivity contribution >= 4 is 11.9 Å². The standard InChI is InChI=1S/C9H14F3NO3/c1-3-16-8(15)13-7(6(2)14)4-5-9(10,11)12/h7H,3-5H2,1-2H3,(H,13,15). The Kier molecular flexibility index (Phi) is 5.84. The van der Waals surface area contributed by atoms with E-state index < -0.39 is 36.9 Å². The van der Waals surface area contributed by atoms with E-state index in [-0.39, 0.29) is 6.61 Å². The molecule has 7 heteroatoms. The van der Waals surface area contributed by atoms with Gasteiger partial charge in [0.1, 0.15) is 0 Å². The van der Waals surface area contributed by atoms with Gasteiger partial charge < -0.3 is 10.1 Å². The predicted octanol–water partition coefficient (Wildman–Crippen LogP) is 2.03. The van der Waals surface area contributed by atoms with Gasteiger partial charge in [-0.05, 0) is 20.3 Å². The van der Waals surface area contributed by atoms with E-state index in [2.05, 4.69) is 10.1 Å². The van der Waals surface area contributed by atoms with Crippen LogP contribution in [0.4, 0.5) is 18.0 Å². The highest BCUT2D eigenvalue weighted by Gasteiger charge is 2.30. The van der Waals surface area contributed by atoms with Crippen molar-refractivity contribution in [2.75, 3.05) is 6.61 Å². The zero-order valence-electron chi connectivity index (χ0n) is 9.06. The van der Waals surface area contributed by atoms with Crippen LogP contribution < -0.4 is 5.32 Å². The Labute approximate surface area is 91.1 Å². The van der Waals surface area contributed by atoms with Crippen LogP contribution in [0.1, 0.15) is 26.7 Å². The van der Waals surface area contributed by atoms with Crippen molar-refractivity contribution in [3.05, 3.63) is 0 Å². The Morgan fingerprint density at radius 3 is 2.31 bits per heavy atom. The second kappa shape index (κ2) is 6.34. The second-order valence-corrected chi connectivity index (χ2v) is 3.18. The van der Waals surface area contributed by atoms with E-state index in [4.69, 9.17) is 0 Å². The number of amides is 1. The van der Waals surface area contributed by atoms with Crippen LogP contribution in [0.3, 0.4) is 0 Å². The van der Waals surface area contributed by atoms with Gasteiger partial charge >= 0.3 is 12.3 Å². The van der Waals surface area contributed by atoms with Crippen LogP contribution in [0.15, 0.2) is 0 Å². The lowest BCUT2D eigenvalue weighted by Gasteiger charge is -2.16. The molecule has 1 N–H and O–H groups in total. The molecule has 1 amide bonds. The maximum absolute atomic E-state index is 11.9. The summed E-state index contributed by atoms with van der Waals surface area (Å²) in [5.74, 6) is -0.530. The summed E-state index contributed by atoms with van der Waals surface area (Å²) in [6.45, 7) is 2.76. The molecular formula is C9H14F3NO3. The van der Waals surface area contributed by atoms with Gasteiger partial charge in [0.25, 0.3) is 0 Å². The summed E-state index contributed by atoms with van der Waals surface area (Å²) in [6, 6.07) is -1.15. The molecule has 4 nitrogen and oxygen atoms in total. The van der Waals surface area contributed by atoms with Crippen LogP contribution in [0.25, 0.3) is 0 Å². The van der Waals surface area contributed by atoms with E-state index in [0.29, 0.717) is 0 Å². The molecule has 0 radical (unpaired) electrons. The summed E-state index contributed by atoms with van der Waals surface area (Å²) in [5, 5.41) is 2.08. The summed E-state index contributed by atoms with van der Waals surface area (Å²) in [6.07, 6.45) is -6.82. The quantitative estimate of drug-likeness (QED) is 0.801. The Hall–Kier alpha value is -1.27. The first kappa shape index (κ1) is 14.7. The van der Waals surface area contributed by atoms with Crippen molar-refractivity contribution in [3.63, 3.8) is 0 Å². The maximum atomic E-state index is 11.9. The molecule has 0 saturated carbocycles. The molecule has 0 spiro atoms. The minimum absolute atomic E-state index is 0.0930. The normalized spacial score (nSPS) is 13.1. The molecule has 0 aliphatic rings. The maximum Gasteiger partial charge on any atom is 0.407 e. The van der Waals surface area contributed by atoms with Crippen molar-refractivity contribution in [2.24, 2.45) is 0 Å². The SMILES string of the molecule is CCOC(=O)NC(CCC(F)(F)F)C(C)=O. The fourth-order valence-corrected chi connectivity index (χ4v) is 1.00. The highest BCUT2D eigenvalue weighted by Crippen LogP contribution is 2.22. The summed E-state index contributed by atoms with van der Waals surface area (Å²) < 4.78 is 40.2. The van der Waals surface area contributed by atoms with Gasteiger partial charge in [0, 0.05) is 6.42 Å². The molecule has 0 bridgehead atoms.